The Morgan fingerprint density at radius 2 is 1.97 bits per heavy atom. The first-order valence-corrected chi connectivity index (χ1v) is 12.3. The molecule has 0 aromatic rings. The van der Waals surface area contributed by atoms with Gasteiger partial charge in [0.05, 0.1) is 30.6 Å². The van der Waals surface area contributed by atoms with Crippen molar-refractivity contribution in [3.63, 3.8) is 0 Å². The summed E-state index contributed by atoms with van der Waals surface area (Å²) in [6, 6.07) is 0. The molecule has 4 fully saturated rings. The van der Waals surface area contributed by atoms with Gasteiger partial charge in [0.25, 0.3) is 0 Å². The van der Waals surface area contributed by atoms with Crippen molar-refractivity contribution in [2.45, 2.75) is 69.7 Å². The van der Waals surface area contributed by atoms with Gasteiger partial charge >= 0.3 is 5.97 Å². The number of aliphatic hydroxyl groups is 2. The quantitative estimate of drug-likeness (QED) is 0.323. The maximum Gasteiger partial charge on any atom is 0.335 e. The molecule has 0 aromatic carbocycles. The van der Waals surface area contributed by atoms with Crippen molar-refractivity contribution in [1.82, 2.24) is 0 Å². The average Bonchev–Trinajstić information content (AvgIpc) is 3.33. The molecule has 33 heavy (non-hydrogen) atoms. The summed E-state index contributed by atoms with van der Waals surface area (Å²) in [6.07, 6.45) is 8.90. The van der Waals surface area contributed by atoms with Crippen LogP contribution in [0.2, 0.25) is 0 Å². The molecule has 1 spiro atoms. The van der Waals surface area contributed by atoms with E-state index >= 15 is 0 Å². The SMILES string of the molecule is C=C1C[C@@]2(C)[C@@H](CC[C@]2(O)C(=C)CC(=CO)C(=O)O)[C@@H]2CC=C3CC4(CC[C@@H]3[C@@H]12)OCCO4. The number of allylic oxidation sites excluding steroid dienone is 2. The van der Waals surface area contributed by atoms with Gasteiger partial charge in [-0.15, -0.1) is 0 Å². The number of hydrogen-bond acceptors (Lipinski definition) is 5. The molecule has 3 saturated carbocycles. The van der Waals surface area contributed by atoms with Gasteiger partial charge in [0.2, 0.25) is 0 Å². The van der Waals surface area contributed by atoms with Crippen molar-refractivity contribution in [2.75, 3.05) is 13.2 Å². The van der Waals surface area contributed by atoms with Crippen LogP contribution < -0.4 is 0 Å². The highest BCUT2D eigenvalue weighted by atomic mass is 16.7. The van der Waals surface area contributed by atoms with Crippen LogP contribution in [0.4, 0.5) is 0 Å². The number of aliphatic carboxylic acids is 1. The van der Waals surface area contributed by atoms with E-state index in [0.717, 1.165) is 32.1 Å². The molecule has 5 rings (SSSR count). The van der Waals surface area contributed by atoms with E-state index in [-0.39, 0.29) is 12.0 Å². The van der Waals surface area contributed by atoms with Crippen molar-refractivity contribution in [3.8, 4) is 0 Å². The molecule has 1 heterocycles. The molecule has 1 aliphatic heterocycles. The lowest BCUT2D eigenvalue weighted by atomic mass is 9.49. The lowest BCUT2D eigenvalue weighted by Crippen LogP contribution is -2.54. The van der Waals surface area contributed by atoms with Gasteiger partial charge < -0.3 is 24.8 Å². The second kappa shape index (κ2) is 7.82. The van der Waals surface area contributed by atoms with Crippen molar-refractivity contribution < 1.29 is 29.6 Å². The van der Waals surface area contributed by atoms with E-state index < -0.39 is 22.8 Å². The molecule has 6 atom stereocenters. The number of hydrogen-bond donors (Lipinski definition) is 3. The molecule has 6 heteroatoms. The molecular formula is C27H36O6. The maximum absolute atomic E-state index is 11.9. The third-order valence-corrected chi connectivity index (χ3v) is 9.73. The summed E-state index contributed by atoms with van der Waals surface area (Å²) in [5, 5.41) is 30.6. The van der Waals surface area contributed by atoms with Crippen molar-refractivity contribution >= 4 is 5.97 Å². The van der Waals surface area contributed by atoms with E-state index in [9.17, 15) is 20.1 Å². The monoisotopic (exact) mass is 456 g/mol. The zero-order valence-electron chi connectivity index (χ0n) is 19.5. The molecule has 4 aliphatic carbocycles. The van der Waals surface area contributed by atoms with Crippen LogP contribution in [-0.2, 0) is 14.3 Å². The fourth-order valence-corrected chi connectivity index (χ4v) is 8.16. The minimum absolute atomic E-state index is 0.0417. The van der Waals surface area contributed by atoms with Crippen LogP contribution in [0, 0.1) is 29.1 Å². The summed E-state index contributed by atoms with van der Waals surface area (Å²) >= 11 is 0. The Bertz CT molecular complexity index is 940. The van der Waals surface area contributed by atoms with Gasteiger partial charge in [-0.1, -0.05) is 37.3 Å². The van der Waals surface area contributed by atoms with Crippen LogP contribution in [0.3, 0.4) is 0 Å². The Hall–Kier alpha value is -1.89. The second-order valence-electron chi connectivity index (χ2n) is 11.1. The largest absolute Gasteiger partial charge is 0.515 e. The van der Waals surface area contributed by atoms with E-state index in [1.54, 1.807) is 0 Å². The molecule has 180 valence electrons. The molecule has 5 aliphatic rings. The Morgan fingerprint density at radius 1 is 1.24 bits per heavy atom. The van der Waals surface area contributed by atoms with Crippen LogP contribution in [0.25, 0.3) is 0 Å². The van der Waals surface area contributed by atoms with E-state index in [0.29, 0.717) is 61.6 Å². The predicted octanol–water partition coefficient (Wildman–Crippen LogP) is 4.67. The summed E-state index contributed by atoms with van der Waals surface area (Å²) < 4.78 is 12.0. The third kappa shape index (κ3) is 3.28. The predicted molar refractivity (Wildman–Crippen MR) is 123 cm³/mol. The lowest BCUT2D eigenvalue weighted by molar-refractivity contribution is -0.175. The van der Waals surface area contributed by atoms with Gasteiger partial charge in [-0.3, -0.25) is 0 Å². The van der Waals surface area contributed by atoms with Crippen LogP contribution in [-0.4, -0.2) is 45.9 Å². The van der Waals surface area contributed by atoms with E-state index in [2.05, 4.69) is 26.2 Å². The number of aliphatic hydroxyl groups excluding tert-OH is 1. The molecule has 0 unspecified atom stereocenters. The van der Waals surface area contributed by atoms with Crippen LogP contribution in [0.1, 0.15) is 58.3 Å². The number of rotatable bonds is 4. The van der Waals surface area contributed by atoms with Gasteiger partial charge in [-0.25, -0.2) is 4.79 Å². The number of carbonyl (C=O) groups is 1. The molecule has 0 amide bonds. The van der Waals surface area contributed by atoms with Crippen LogP contribution >= 0.6 is 0 Å². The topological polar surface area (TPSA) is 96.2 Å². The Morgan fingerprint density at radius 3 is 2.64 bits per heavy atom. The van der Waals surface area contributed by atoms with Crippen LogP contribution in [0.5, 0.6) is 0 Å². The normalized spacial score (nSPS) is 41.8. The molecular weight excluding hydrogens is 420 g/mol. The minimum atomic E-state index is -1.19. The number of fused-ring (bicyclic) bond motifs is 5. The first kappa shape index (κ1) is 22.9. The molecule has 1 saturated heterocycles. The number of carboxylic acid groups (broad SMARTS) is 1. The Kier molecular flexibility index (Phi) is 5.42. The van der Waals surface area contributed by atoms with Gasteiger partial charge in [0.15, 0.2) is 5.79 Å². The molecule has 6 nitrogen and oxygen atoms in total. The minimum Gasteiger partial charge on any atom is -0.515 e. The third-order valence-electron chi connectivity index (χ3n) is 9.73. The number of carboxylic acids is 1. The Balaban J connectivity index is 1.41. The molecule has 0 radical (unpaired) electrons. The fraction of sp³-hybridized carbons (Fsp3) is 0.667. The van der Waals surface area contributed by atoms with Gasteiger partial charge in [-0.05, 0) is 61.3 Å². The standard InChI is InChI=1S/C27H36O6/c1-16-13-25(3)22(7-9-27(25,31)17(2)12-19(15-28)24(29)30)21-5-4-18-14-26(32-10-11-33-26)8-6-20(18)23(16)21/h4,15,20-23,28,31H,1-2,5-14H2,3H3,(H,29,30)/t20-,21-,22-,23+,25-,27-/m0/s1. The maximum atomic E-state index is 11.9. The van der Waals surface area contributed by atoms with Gasteiger partial charge in [0.1, 0.15) is 0 Å². The van der Waals surface area contributed by atoms with Gasteiger partial charge in [-0.2, -0.15) is 0 Å². The Labute approximate surface area is 195 Å². The summed E-state index contributed by atoms with van der Waals surface area (Å²) in [5.41, 5.74) is 1.35. The second-order valence-corrected chi connectivity index (χ2v) is 11.1. The summed E-state index contributed by atoms with van der Waals surface area (Å²) in [6.45, 7) is 12.1. The van der Waals surface area contributed by atoms with Crippen molar-refractivity contribution in [3.05, 3.63) is 47.8 Å². The molecule has 3 N–H and O–H groups in total. The summed E-state index contributed by atoms with van der Waals surface area (Å²) in [5.74, 6) is -0.0123. The highest BCUT2D eigenvalue weighted by molar-refractivity contribution is 5.86. The summed E-state index contributed by atoms with van der Waals surface area (Å²) in [4.78, 5) is 11.4. The van der Waals surface area contributed by atoms with E-state index in [1.165, 1.54) is 11.1 Å². The summed E-state index contributed by atoms with van der Waals surface area (Å²) in [7, 11) is 0. The molecule has 0 aromatic heterocycles. The average molecular weight is 457 g/mol. The smallest absolute Gasteiger partial charge is 0.335 e. The fourth-order valence-electron chi connectivity index (χ4n) is 8.16. The number of ether oxygens (including phenoxy) is 2. The van der Waals surface area contributed by atoms with Crippen molar-refractivity contribution in [1.29, 1.82) is 0 Å². The van der Waals surface area contributed by atoms with Gasteiger partial charge in [0, 0.05) is 24.7 Å². The van der Waals surface area contributed by atoms with E-state index in [1.807, 2.05) is 0 Å². The lowest BCUT2D eigenvalue weighted by Gasteiger charge is -2.57. The van der Waals surface area contributed by atoms with Crippen molar-refractivity contribution in [2.24, 2.45) is 29.1 Å². The highest BCUT2D eigenvalue weighted by Crippen LogP contribution is 2.67. The van der Waals surface area contributed by atoms with E-state index in [4.69, 9.17) is 9.47 Å². The highest BCUT2D eigenvalue weighted by Gasteiger charge is 2.64. The zero-order chi connectivity index (χ0) is 23.6. The first-order valence-electron chi connectivity index (χ1n) is 12.3. The molecule has 0 bridgehead atoms. The van der Waals surface area contributed by atoms with Crippen LogP contribution in [0.15, 0.2) is 47.8 Å². The zero-order valence-corrected chi connectivity index (χ0v) is 19.5. The first-order chi connectivity index (χ1) is 15.6.